The Labute approximate surface area is 105 Å². The van der Waals surface area contributed by atoms with E-state index in [4.69, 9.17) is 5.11 Å². The van der Waals surface area contributed by atoms with Gasteiger partial charge in [0, 0.05) is 24.3 Å². The summed E-state index contributed by atoms with van der Waals surface area (Å²) in [5.74, 6) is -0.858. The SMILES string of the molecule is Cc1nccc2cc(CNC(C)C(=O)O)cnc12. The Kier molecular flexibility index (Phi) is 3.53. The Morgan fingerprint density at radius 2 is 2.28 bits per heavy atom. The summed E-state index contributed by atoms with van der Waals surface area (Å²) >= 11 is 0. The lowest BCUT2D eigenvalue weighted by molar-refractivity contribution is -0.139. The molecule has 1 atom stereocenters. The van der Waals surface area contributed by atoms with Gasteiger partial charge >= 0.3 is 5.97 Å². The van der Waals surface area contributed by atoms with Gasteiger partial charge in [-0.05, 0) is 31.5 Å². The van der Waals surface area contributed by atoms with E-state index < -0.39 is 12.0 Å². The van der Waals surface area contributed by atoms with Crippen molar-refractivity contribution in [2.24, 2.45) is 0 Å². The first-order valence-electron chi connectivity index (χ1n) is 5.74. The summed E-state index contributed by atoms with van der Waals surface area (Å²) in [4.78, 5) is 19.2. The van der Waals surface area contributed by atoms with E-state index in [1.165, 1.54) is 0 Å². The Hall–Kier alpha value is -2.01. The van der Waals surface area contributed by atoms with Crippen molar-refractivity contribution in [1.29, 1.82) is 0 Å². The zero-order valence-corrected chi connectivity index (χ0v) is 10.3. The molecule has 0 aliphatic rings. The average Bonchev–Trinajstić information content (AvgIpc) is 2.36. The minimum absolute atomic E-state index is 0.484. The smallest absolute Gasteiger partial charge is 0.320 e. The van der Waals surface area contributed by atoms with Gasteiger partial charge in [-0.25, -0.2) is 0 Å². The third-order valence-electron chi connectivity index (χ3n) is 2.82. The molecule has 0 aromatic carbocycles. The second kappa shape index (κ2) is 5.10. The summed E-state index contributed by atoms with van der Waals surface area (Å²) in [6, 6.07) is 3.33. The standard InChI is InChI=1S/C13H15N3O2/c1-8-12-11(3-4-14-8)5-10(7-16-12)6-15-9(2)13(17)18/h3-5,7,9,15H,6H2,1-2H3,(H,17,18). The van der Waals surface area contributed by atoms with Crippen molar-refractivity contribution in [3.05, 3.63) is 35.8 Å². The molecule has 2 aromatic rings. The van der Waals surface area contributed by atoms with E-state index in [1.807, 2.05) is 19.1 Å². The van der Waals surface area contributed by atoms with Crippen LogP contribution in [0.2, 0.25) is 0 Å². The number of aryl methyl sites for hydroxylation is 1. The van der Waals surface area contributed by atoms with E-state index >= 15 is 0 Å². The molecule has 0 bridgehead atoms. The van der Waals surface area contributed by atoms with Crippen LogP contribution in [0.15, 0.2) is 24.5 Å². The number of hydrogen-bond donors (Lipinski definition) is 2. The first-order chi connectivity index (χ1) is 8.58. The van der Waals surface area contributed by atoms with Gasteiger partial charge in [0.1, 0.15) is 6.04 Å². The molecule has 0 saturated heterocycles. The number of carboxylic acid groups (broad SMARTS) is 1. The summed E-state index contributed by atoms with van der Waals surface area (Å²) < 4.78 is 0. The van der Waals surface area contributed by atoms with Crippen LogP contribution in [0.4, 0.5) is 0 Å². The number of nitrogens with zero attached hydrogens (tertiary/aromatic N) is 2. The van der Waals surface area contributed by atoms with Gasteiger partial charge in [0.05, 0.1) is 11.2 Å². The molecule has 18 heavy (non-hydrogen) atoms. The van der Waals surface area contributed by atoms with Crippen LogP contribution >= 0.6 is 0 Å². The van der Waals surface area contributed by atoms with Crippen LogP contribution in [-0.2, 0) is 11.3 Å². The third-order valence-corrected chi connectivity index (χ3v) is 2.82. The highest BCUT2D eigenvalue weighted by molar-refractivity contribution is 5.80. The third kappa shape index (κ3) is 2.62. The summed E-state index contributed by atoms with van der Waals surface area (Å²) in [7, 11) is 0. The quantitative estimate of drug-likeness (QED) is 0.853. The number of aromatic nitrogens is 2. The molecule has 2 heterocycles. The van der Waals surface area contributed by atoms with E-state index in [0.717, 1.165) is 22.2 Å². The summed E-state index contributed by atoms with van der Waals surface area (Å²) in [6.45, 7) is 4.02. The molecule has 1 unspecified atom stereocenters. The predicted molar refractivity (Wildman–Crippen MR) is 68.2 cm³/mol. The van der Waals surface area contributed by atoms with Crippen molar-refractivity contribution in [2.75, 3.05) is 0 Å². The summed E-state index contributed by atoms with van der Waals surface area (Å²) in [5, 5.41) is 12.7. The highest BCUT2D eigenvalue weighted by Crippen LogP contribution is 2.14. The topological polar surface area (TPSA) is 75.1 Å². The van der Waals surface area contributed by atoms with Crippen molar-refractivity contribution in [2.45, 2.75) is 26.4 Å². The minimum atomic E-state index is -0.858. The van der Waals surface area contributed by atoms with E-state index in [2.05, 4.69) is 15.3 Å². The molecule has 2 rings (SSSR count). The normalized spacial score (nSPS) is 12.6. The maximum absolute atomic E-state index is 10.7. The van der Waals surface area contributed by atoms with Crippen LogP contribution in [0.1, 0.15) is 18.2 Å². The lowest BCUT2D eigenvalue weighted by atomic mass is 10.1. The number of nitrogens with one attached hydrogen (secondary N) is 1. The van der Waals surface area contributed by atoms with Crippen LogP contribution in [0.5, 0.6) is 0 Å². The van der Waals surface area contributed by atoms with Crippen LogP contribution in [0.25, 0.3) is 10.9 Å². The molecule has 0 saturated carbocycles. The van der Waals surface area contributed by atoms with Gasteiger partial charge in [0.25, 0.3) is 0 Å². The molecule has 2 aromatic heterocycles. The molecule has 0 amide bonds. The second-order valence-electron chi connectivity index (χ2n) is 4.25. The van der Waals surface area contributed by atoms with Gasteiger partial charge in [-0.1, -0.05) is 0 Å². The van der Waals surface area contributed by atoms with Crippen LogP contribution < -0.4 is 5.32 Å². The number of carboxylic acids is 1. The Morgan fingerprint density at radius 3 is 3.00 bits per heavy atom. The van der Waals surface area contributed by atoms with E-state index in [-0.39, 0.29) is 0 Å². The largest absolute Gasteiger partial charge is 0.480 e. The van der Waals surface area contributed by atoms with Gasteiger partial charge in [0.2, 0.25) is 0 Å². The summed E-state index contributed by atoms with van der Waals surface area (Å²) in [5.41, 5.74) is 2.74. The average molecular weight is 245 g/mol. The second-order valence-corrected chi connectivity index (χ2v) is 4.25. The van der Waals surface area contributed by atoms with Crippen molar-refractivity contribution < 1.29 is 9.90 Å². The van der Waals surface area contributed by atoms with Crippen LogP contribution in [0, 0.1) is 6.92 Å². The van der Waals surface area contributed by atoms with Gasteiger partial charge in [-0.15, -0.1) is 0 Å². The molecule has 0 aliphatic carbocycles. The summed E-state index contributed by atoms with van der Waals surface area (Å²) in [6.07, 6.45) is 3.50. The molecule has 5 heteroatoms. The van der Waals surface area contributed by atoms with Crippen molar-refractivity contribution in [1.82, 2.24) is 15.3 Å². The fraction of sp³-hybridized carbons (Fsp3) is 0.308. The molecule has 0 fully saturated rings. The zero-order chi connectivity index (χ0) is 13.1. The molecule has 94 valence electrons. The van der Waals surface area contributed by atoms with E-state index in [0.29, 0.717) is 6.54 Å². The lowest BCUT2D eigenvalue weighted by Crippen LogP contribution is -2.33. The number of aliphatic carboxylic acids is 1. The van der Waals surface area contributed by atoms with Gasteiger partial charge in [0.15, 0.2) is 0 Å². The van der Waals surface area contributed by atoms with Gasteiger partial charge in [-0.2, -0.15) is 0 Å². The fourth-order valence-corrected chi connectivity index (χ4v) is 1.70. The zero-order valence-electron chi connectivity index (χ0n) is 10.3. The Balaban J connectivity index is 2.18. The minimum Gasteiger partial charge on any atom is -0.480 e. The van der Waals surface area contributed by atoms with E-state index in [9.17, 15) is 4.79 Å². The first kappa shape index (κ1) is 12.4. The molecular formula is C13H15N3O2. The predicted octanol–water partition coefficient (Wildman–Crippen LogP) is 1.50. The number of fused-ring (bicyclic) bond motifs is 1. The maximum atomic E-state index is 10.7. The number of pyridine rings is 2. The molecule has 0 spiro atoms. The van der Waals surface area contributed by atoms with Crippen LogP contribution in [0.3, 0.4) is 0 Å². The maximum Gasteiger partial charge on any atom is 0.320 e. The molecular weight excluding hydrogens is 230 g/mol. The molecule has 0 radical (unpaired) electrons. The molecule has 5 nitrogen and oxygen atoms in total. The number of hydrogen-bond acceptors (Lipinski definition) is 4. The van der Waals surface area contributed by atoms with Crippen molar-refractivity contribution in [3.63, 3.8) is 0 Å². The highest BCUT2D eigenvalue weighted by Gasteiger charge is 2.09. The highest BCUT2D eigenvalue weighted by atomic mass is 16.4. The number of carbonyl (C=O) groups is 1. The van der Waals surface area contributed by atoms with Gasteiger partial charge in [-0.3, -0.25) is 14.8 Å². The lowest BCUT2D eigenvalue weighted by Gasteiger charge is -2.09. The molecule has 0 aliphatic heterocycles. The number of rotatable bonds is 4. The van der Waals surface area contributed by atoms with Crippen molar-refractivity contribution >= 4 is 16.9 Å². The first-order valence-corrected chi connectivity index (χ1v) is 5.74. The van der Waals surface area contributed by atoms with Gasteiger partial charge < -0.3 is 10.4 Å². The van der Waals surface area contributed by atoms with E-state index in [1.54, 1.807) is 19.3 Å². The van der Waals surface area contributed by atoms with Crippen LogP contribution in [-0.4, -0.2) is 27.1 Å². The Morgan fingerprint density at radius 1 is 1.50 bits per heavy atom. The molecule has 2 N–H and O–H groups in total. The Bertz CT molecular complexity index is 583. The monoisotopic (exact) mass is 245 g/mol. The fourth-order valence-electron chi connectivity index (χ4n) is 1.70. The van der Waals surface area contributed by atoms with Crippen molar-refractivity contribution in [3.8, 4) is 0 Å².